The lowest BCUT2D eigenvalue weighted by Crippen LogP contribution is -2.22. The number of pyridine rings is 1. The van der Waals surface area contributed by atoms with Gasteiger partial charge in [-0.2, -0.15) is 11.3 Å². The summed E-state index contributed by atoms with van der Waals surface area (Å²) < 4.78 is 0. The zero-order valence-corrected chi connectivity index (χ0v) is 18.8. The second-order valence-electron chi connectivity index (χ2n) is 6.61. The lowest BCUT2D eigenvalue weighted by Gasteiger charge is -2.19. The van der Waals surface area contributed by atoms with Gasteiger partial charge in [0.1, 0.15) is 11.6 Å². The van der Waals surface area contributed by atoms with Crippen LogP contribution < -0.4 is 5.32 Å². The van der Waals surface area contributed by atoms with Crippen LogP contribution in [0.5, 0.6) is 5.75 Å². The van der Waals surface area contributed by atoms with Crippen LogP contribution in [0.4, 0.5) is 11.5 Å². The molecule has 0 spiro atoms. The first-order chi connectivity index (χ1) is 13.2. The molecule has 0 bridgehead atoms. The molecule has 2 aromatic heterocycles. The quantitative estimate of drug-likeness (QED) is 0.348. The van der Waals surface area contributed by atoms with Crippen molar-refractivity contribution in [1.29, 1.82) is 0 Å². The highest BCUT2D eigenvalue weighted by Gasteiger charge is 2.11. The average molecular weight is 450 g/mol. The summed E-state index contributed by atoms with van der Waals surface area (Å²) in [5.41, 5.74) is 2.75. The number of nitrogens with one attached hydrogen (secondary N) is 1. The van der Waals surface area contributed by atoms with Gasteiger partial charge in [-0.15, -0.1) is 24.8 Å². The molecule has 0 radical (unpaired) electrons. The summed E-state index contributed by atoms with van der Waals surface area (Å²) in [6.45, 7) is 6.95. The van der Waals surface area contributed by atoms with Crippen molar-refractivity contribution in [2.75, 3.05) is 18.4 Å². The van der Waals surface area contributed by atoms with Crippen LogP contribution in [0.25, 0.3) is 21.7 Å². The molecule has 29 heavy (non-hydrogen) atoms. The van der Waals surface area contributed by atoms with Gasteiger partial charge in [0.15, 0.2) is 0 Å². The van der Waals surface area contributed by atoms with Crippen molar-refractivity contribution in [3.63, 3.8) is 0 Å². The number of thiophene rings is 1. The van der Waals surface area contributed by atoms with E-state index in [2.05, 4.69) is 40.9 Å². The number of hydrogen-bond donors (Lipinski definition) is 2. The Labute approximate surface area is 187 Å². The highest BCUT2D eigenvalue weighted by atomic mass is 35.5. The van der Waals surface area contributed by atoms with E-state index in [1.54, 1.807) is 17.4 Å². The number of para-hydroxylation sites is 1. The predicted octanol–water partition coefficient (Wildman–Crippen LogP) is 6.58. The number of phenolic OH excluding ortho intramolecular Hbond substituents is 1. The van der Waals surface area contributed by atoms with Crippen molar-refractivity contribution in [3.8, 4) is 5.75 Å². The Morgan fingerprint density at radius 2 is 1.69 bits per heavy atom. The molecule has 4 aromatic rings. The van der Waals surface area contributed by atoms with Crippen molar-refractivity contribution >= 4 is 69.3 Å². The third kappa shape index (κ3) is 4.75. The number of phenols is 1. The highest BCUT2D eigenvalue weighted by molar-refractivity contribution is 7.09. The second kappa shape index (κ2) is 10.1. The normalized spacial score (nSPS) is 10.7. The van der Waals surface area contributed by atoms with Gasteiger partial charge in [-0.3, -0.25) is 4.90 Å². The average Bonchev–Trinajstić information content (AvgIpc) is 3.18. The predicted molar refractivity (Wildman–Crippen MR) is 130 cm³/mol. The number of anilines is 2. The zero-order chi connectivity index (χ0) is 18.8. The number of nitrogens with zero attached hydrogens (tertiary/aromatic N) is 2. The fraction of sp³-hybridized carbons (Fsp3) is 0.227. The Morgan fingerprint density at radius 1 is 0.966 bits per heavy atom. The summed E-state index contributed by atoms with van der Waals surface area (Å²) in [4.78, 5) is 7.08. The van der Waals surface area contributed by atoms with Gasteiger partial charge in [-0.25, -0.2) is 4.98 Å². The standard InChI is InChI=1S/C22H23N3OS.2ClH/c1-3-25(4-2)12-15-9-10-16(11-21(15)26)23-22-19-14-27-13-18(19)17-7-5-6-8-20(17)24-22;;/h5-11,13-14,26H,3-4,12H2,1-2H3,(H,23,24);2*1H. The number of fused-ring (bicyclic) bond motifs is 3. The fourth-order valence-electron chi connectivity index (χ4n) is 3.36. The Balaban J connectivity index is 0.00000150. The first kappa shape index (κ1) is 23.2. The van der Waals surface area contributed by atoms with Gasteiger partial charge < -0.3 is 10.4 Å². The molecule has 0 aliphatic carbocycles. The maximum atomic E-state index is 10.5. The summed E-state index contributed by atoms with van der Waals surface area (Å²) >= 11 is 1.67. The Bertz CT molecular complexity index is 1100. The highest BCUT2D eigenvalue weighted by Crippen LogP contribution is 2.34. The number of rotatable bonds is 6. The molecule has 0 atom stereocenters. The molecule has 0 fully saturated rings. The Hall–Kier alpha value is -2.05. The van der Waals surface area contributed by atoms with E-state index in [9.17, 15) is 5.11 Å². The molecule has 4 nitrogen and oxygen atoms in total. The number of aromatic nitrogens is 1. The lowest BCUT2D eigenvalue weighted by molar-refractivity contribution is 0.291. The monoisotopic (exact) mass is 449 g/mol. The fourth-order valence-corrected chi connectivity index (χ4v) is 4.20. The lowest BCUT2D eigenvalue weighted by atomic mass is 10.1. The van der Waals surface area contributed by atoms with Crippen molar-refractivity contribution < 1.29 is 5.11 Å². The van der Waals surface area contributed by atoms with E-state index in [1.807, 2.05) is 30.3 Å². The van der Waals surface area contributed by atoms with Gasteiger partial charge in [0.2, 0.25) is 0 Å². The van der Waals surface area contributed by atoms with Gasteiger partial charge in [-0.1, -0.05) is 38.1 Å². The first-order valence-corrected chi connectivity index (χ1v) is 10.2. The van der Waals surface area contributed by atoms with Crippen LogP contribution in [0.2, 0.25) is 0 Å². The molecule has 0 unspecified atom stereocenters. The molecule has 2 N–H and O–H groups in total. The van der Waals surface area contributed by atoms with Gasteiger partial charge in [-0.05, 0) is 30.6 Å². The molecule has 154 valence electrons. The van der Waals surface area contributed by atoms with Crippen molar-refractivity contribution in [2.45, 2.75) is 20.4 Å². The topological polar surface area (TPSA) is 48.4 Å². The molecule has 7 heteroatoms. The molecule has 0 saturated carbocycles. The Morgan fingerprint density at radius 3 is 2.41 bits per heavy atom. The first-order valence-electron chi connectivity index (χ1n) is 9.25. The van der Waals surface area contributed by atoms with E-state index in [-0.39, 0.29) is 24.8 Å². The van der Waals surface area contributed by atoms with Crippen LogP contribution in [-0.4, -0.2) is 28.1 Å². The SMILES string of the molecule is CCN(CC)Cc1ccc(Nc2nc3ccccc3c3cscc23)cc1O.Cl.Cl. The summed E-state index contributed by atoms with van der Waals surface area (Å²) in [5.74, 6) is 1.13. The Kier molecular flexibility index (Phi) is 8.11. The molecule has 2 heterocycles. The van der Waals surface area contributed by atoms with Crippen LogP contribution in [0.3, 0.4) is 0 Å². The van der Waals surface area contributed by atoms with Crippen LogP contribution in [0.1, 0.15) is 19.4 Å². The molecule has 0 saturated heterocycles. The van der Waals surface area contributed by atoms with Crippen LogP contribution in [0.15, 0.2) is 53.2 Å². The molecular weight excluding hydrogens is 425 g/mol. The maximum Gasteiger partial charge on any atom is 0.139 e. The smallest absolute Gasteiger partial charge is 0.139 e. The number of halogens is 2. The van der Waals surface area contributed by atoms with Gasteiger partial charge >= 0.3 is 0 Å². The number of aromatic hydroxyl groups is 1. The van der Waals surface area contributed by atoms with Crippen molar-refractivity contribution in [2.24, 2.45) is 0 Å². The molecule has 2 aromatic carbocycles. The van der Waals surface area contributed by atoms with Crippen LogP contribution in [0, 0.1) is 0 Å². The molecular formula is C22H25Cl2N3OS. The summed E-state index contributed by atoms with van der Waals surface area (Å²) in [6.07, 6.45) is 0. The summed E-state index contributed by atoms with van der Waals surface area (Å²) in [6, 6.07) is 14.0. The molecule has 0 amide bonds. The third-order valence-electron chi connectivity index (χ3n) is 4.98. The van der Waals surface area contributed by atoms with Gasteiger partial charge in [0.25, 0.3) is 0 Å². The molecule has 4 rings (SSSR count). The van der Waals surface area contributed by atoms with Crippen LogP contribution >= 0.6 is 36.2 Å². The number of benzene rings is 2. The van der Waals surface area contributed by atoms with E-state index >= 15 is 0 Å². The minimum atomic E-state index is 0. The minimum Gasteiger partial charge on any atom is -0.508 e. The van der Waals surface area contributed by atoms with Crippen LogP contribution in [-0.2, 0) is 6.54 Å². The van der Waals surface area contributed by atoms with E-state index in [0.29, 0.717) is 5.75 Å². The minimum absolute atomic E-state index is 0. The molecule has 0 aliphatic heterocycles. The largest absolute Gasteiger partial charge is 0.508 e. The summed E-state index contributed by atoms with van der Waals surface area (Å²) in [7, 11) is 0. The zero-order valence-electron chi connectivity index (χ0n) is 16.4. The van der Waals surface area contributed by atoms with Crippen molar-refractivity contribution in [3.05, 3.63) is 58.8 Å². The van der Waals surface area contributed by atoms with E-state index < -0.39 is 0 Å². The van der Waals surface area contributed by atoms with E-state index in [0.717, 1.165) is 53.0 Å². The van der Waals surface area contributed by atoms with Gasteiger partial charge in [0, 0.05) is 45.4 Å². The van der Waals surface area contributed by atoms with Crippen molar-refractivity contribution in [1.82, 2.24) is 9.88 Å². The third-order valence-corrected chi connectivity index (χ3v) is 5.72. The number of hydrogen-bond acceptors (Lipinski definition) is 5. The van der Waals surface area contributed by atoms with E-state index in [4.69, 9.17) is 4.98 Å². The van der Waals surface area contributed by atoms with E-state index in [1.165, 1.54) is 5.39 Å². The maximum absolute atomic E-state index is 10.5. The van der Waals surface area contributed by atoms with Gasteiger partial charge in [0.05, 0.1) is 5.52 Å². The second-order valence-corrected chi connectivity index (χ2v) is 7.35. The summed E-state index contributed by atoms with van der Waals surface area (Å²) in [5, 5.41) is 21.6. The molecule has 0 aliphatic rings.